The zero-order valence-corrected chi connectivity index (χ0v) is 21.7. The summed E-state index contributed by atoms with van der Waals surface area (Å²) in [6, 6.07) is 6.65. The third kappa shape index (κ3) is 4.81. The molecule has 1 aliphatic carbocycles. The molecule has 1 aliphatic heterocycles. The first-order chi connectivity index (χ1) is 18.3. The number of aryl methyl sites for hydroxylation is 1. The number of allylic oxidation sites excluding steroid dienone is 2. The van der Waals surface area contributed by atoms with Crippen molar-refractivity contribution in [2.24, 2.45) is 18.7 Å². The number of hydrogen-bond acceptors (Lipinski definition) is 7. The van der Waals surface area contributed by atoms with Crippen LogP contribution < -0.4 is 27.2 Å². The Morgan fingerprint density at radius 3 is 2.63 bits per heavy atom. The maximum Gasteiger partial charge on any atom is 0.332 e. The molecule has 1 aromatic carbocycles. The molecule has 0 radical (unpaired) electrons. The Kier molecular flexibility index (Phi) is 7.02. The number of carbonyl (C=O) groups excluding carboxylic acids is 2. The molecule has 3 heterocycles. The van der Waals surface area contributed by atoms with Crippen LogP contribution in [0.4, 0.5) is 11.6 Å². The van der Waals surface area contributed by atoms with Gasteiger partial charge in [-0.05, 0) is 44.7 Å². The molecule has 1 saturated heterocycles. The van der Waals surface area contributed by atoms with Gasteiger partial charge >= 0.3 is 5.69 Å². The molecule has 2 fully saturated rings. The van der Waals surface area contributed by atoms with Crippen LogP contribution in [0.5, 0.6) is 0 Å². The van der Waals surface area contributed by atoms with E-state index >= 15 is 0 Å². The van der Waals surface area contributed by atoms with E-state index in [1.165, 1.54) is 4.57 Å². The number of imidazole rings is 1. The van der Waals surface area contributed by atoms with Crippen LogP contribution in [0.2, 0.25) is 0 Å². The molecule has 0 bridgehead atoms. The van der Waals surface area contributed by atoms with Crippen LogP contribution >= 0.6 is 0 Å². The second kappa shape index (κ2) is 10.4. The summed E-state index contributed by atoms with van der Waals surface area (Å²) >= 11 is 0. The molecular formula is C27H33N7O4. The molecule has 3 aromatic rings. The number of amides is 1. The van der Waals surface area contributed by atoms with Gasteiger partial charge in [0.1, 0.15) is 0 Å². The lowest BCUT2D eigenvalue weighted by atomic mass is 10.1. The van der Waals surface area contributed by atoms with E-state index in [0.717, 1.165) is 36.8 Å². The minimum absolute atomic E-state index is 0.00250. The van der Waals surface area contributed by atoms with Crippen LogP contribution in [0.3, 0.4) is 0 Å². The van der Waals surface area contributed by atoms with Gasteiger partial charge in [-0.1, -0.05) is 24.3 Å². The minimum atomic E-state index is -0.632. The first-order valence-electron chi connectivity index (χ1n) is 13.0. The van der Waals surface area contributed by atoms with Crippen molar-refractivity contribution in [3.8, 4) is 0 Å². The second-order valence-corrected chi connectivity index (χ2v) is 10.1. The summed E-state index contributed by atoms with van der Waals surface area (Å²) in [7, 11) is 1.55. The van der Waals surface area contributed by atoms with E-state index in [1.54, 1.807) is 35.9 Å². The number of carbonyl (C=O) groups is 2. The second-order valence-electron chi connectivity index (χ2n) is 10.1. The fourth-order valence-electron chi connectivity index (χ4n) is 4.96. The summed E-state index contributed by atoms with van der Waals surface area (Å²) in [5.74, 6) is -0.0243. The number of benzene rings is 1. The van der Waals surface area contributed by atoms with Crippen LogP contribution in [0, 0.1) is 5.92 Å². The number of para-hydroxylation sites is 1. The molecule has 2 aliphatic rings. The maximum atomic E-state index is 13.8. The Labute approximate surface area is 219 Å². The van der Waals surface area contributed by atoms with Crippen molar-refractivity contribution in [2.45, 2.75) is 51.7 Å². The Morgan fingerprint density at radius 2 is 1.92 bits per heavy atom. The molecule has 38 heavy (non-hydrogen) atoms. The van der Waals surface area contributed by atoms with Crippen molar-refractivity contribution in [2.75, 3.05) is 23.3 Å². The van der Waals surface area contributed by atoms with E-state index in [2.05, 4.69) is 10.2 Å². The number of ketones is 1. The van der Waals surface area contributed by atoms with E-state index in [9.17, 15) is 19.2 Å². The topological polar surface area (TPSA) is 137 Å². The number of aromatic nitrogens is 4. The Hall–Kier alpha value is -3.99. The monoisotopic (exact) mass is 519 g/mol. The van der Waals surface area contributed by atoms with Gasteiger partial charge in [0.05, 0.1) is 12.2 Å². The lowest BCUT2D eigenvalue weighted by molar-refractivity contribution is -0.117. The largest absolute Gasteiger partial charge is 0.341 e. The molecular weight excluding hydrogens is 486 g/mol. The van der Waals surface area contributed by atoms with Crippen LogP contribution in [0.1, 0.15) is 43.0 Å². The van der Waals surface area contributed by atoms with Gasteiger partial charge in [0, 0.05) is 44.2 Å². The summed E-state index contributed by atoms with van der Waals surface area (Å²) in [5.41, 5.74) is 6.14. The summed E-state index contributed by atoms with van der Waals surface area (Å²) in [6.45, 7) is 3.16. The number of nitrogens with one attached hydrogen (secondary N) is 1. The lowest BCUT2D eigenvalue weighted by Crippen LogP contribution is -2.44. The Morgan fingerprint density at radius 1 is 1.16 bits per heavy atom. The van der Waals surface area contributed by atoms with E-state index in [1.807, 2.05) is 19.1 Å². The predicted octanol–water partition coefficient (Wildman–Crippen LogP) is 1.63. The zero-order valence-electron chi connectivity index (χ0n) is 21.7. The molecule has 1 amide bonds. The number of fused-ring (bicyclic) bond motifs is 1. The zero-order chi connectivity index (χ0) is 27.0. The number of Topliss-reactive ketones (excluding diaryl/α,β-unsaturated/α-hetero) is 1. The molecule has 5 rings (SSSR count). The minimum Gasteiger partial charge on any atom is -0.341 e. The molecule has 200 valence electrons. The van der Waals surface area contributed by atoms with Crippen LogP contribution in [0.15, 0.2) is 46.0 Å². The molecule has 1 saturated carbocycles. The van der Waals surface area contributed by atoms with Gasteiger partial charge in [-0.25, -0.2) is 4.79 Å². The lowest BCUT2D eigenvalue weighted by Gasteiger charge is -2.31. The van der Waals surface area contributed by atoms with Crippen molar-refractivity contribution < 1.29 is 9.59 Å². The molecule has 1 atom stereocenters. The standard InChI is InChI=1S/C27H33N7O4/c1-3-4-14-33-22-23(30-26(33)32-13-7-8-18(28)15-32)31(2)27(38)34(25(22)37)16-21(35)19-9-5-6-10-20(19)29-24(36)17-11-12-17/h3-6,9-10,17-18H,7-8,11-16,28H2,1-2H3,(H,29,36). The van der Waals surface area contributed by atoms with Gasteiger partial charge in [-0.2, -0.15) is 4.98 Å². The first-order valence-corrected chi connectivity index (χ1v) is 13.0. The fraction of sp³-hybridized carbons (Fsp3) is 0.444. The third-order valence-electron chi connectivity index (χ3n) is 7.21. The highest BCUT2D eigenvalue weighted by atomic mass is 16.2. The van der Waals surface area contributed by atoms with Crippen molar-refractivity contribution in [1.29, 1.82) is 0 Å². The number of rotatable bonds is 8. The van der Waals surface area contributed by atoms with Gasteiger partial charge in [0.25, 0.3) is 5.56 Å². The predicted molar refractivity (Wildman–Crippen MR) is 146 cm³/mol. The average Bonchev–Trinajstić information content (AvgIpc) is 3.69. The Balaban J connectivity index is 1.57. The highest BCUT2D eigenvalue weighted by molar-refractivity contribution is 6.05. The molecule has 11 heteroatoms. The number of nitrogens with two attached hydrogens (primary N) is 1. The molecule has 2 aromatic heterocycles. The number of piperidine rings is 1. The van der Waals surface area contributed by atoms with Crippen molar-refractivity contribution in [3.63, 3.8) is 0 Å². The first kappa shape index (κ1) is 25.7. The molecule has 11 nitrogen and oxygen atoms in total. The maximum absolute atomic E-state index is 13.8. The smallest absolute Gasteiger partial charge is 0.332 e. The molecule has 3 N–H and O–H groups in total. The summed E-state index contributed by atoms with van der Waals surface area (Å²) in [4.78, 5) is 59.5. The van der Waals surface area contributed by atoms with Crippen molar-refractivity contribution >= 4 is 34.5 Å². The van der Waals surface area contributed by atoms with Crippen LogP contribution in [0.25, 0.3) is 11.2 Å². The number of anilines is 2. The average molecular weight is 520 g/mol. The summed E-state index contributed by atoms with van der Waals surface area (Å²) < 4.78 is 4.05. The normalized spacial score (nSPS) is 17.9. The highest BCUT2D eigenvalue weighted by Crippen LogP contribution is 2.31. The van der Waals surface area contributed by atoms with Gasteiger partial charge < -0.3 is 20.5 Å². The van der Waals surface area contributed by atoms with Gasteiger partial charge in [0.15, 0.2) is 16.9 Å². The Bertz CT molecular complexity index is 1540. The van der Waals surface area contributed by atoms with Gasteiger partial charge in [-0.15, -0.1) is 0 Å². The fourth-order valence-corrected chi connectivity index (χ4v) is 4.96. The molecule has 1 unspecified atom stereocenters. The van der Waals surface area contributed by atoms with Crippen LogP contribution in [-0.2, 0) is 24.9 Å². The summed E-state index contributed by atoms with van der Waals surface area (Å²) in [5, 5.41) is 2.82. The van der Waals surface area contributed by atoms with Crippen molar-refractivity contribution in [3.05, 3.63) is 62.8 Å². The van der Waals surface area contributed by atoms with E-state index in [4.69, 9.17) is 10.7 Å². The van der Waals surface area contributed by atoms with Crippen molar-refractivity contribution in [1.82, 2.24) is 18.7 Å². The quantitative estimate of drug-likeness (QED) is 0.341. The third-order valence-corrected chi connectivity index (χ3v) is 7.21. The van der Waals surface area contributed by atoms with E-state index in [-0.39, 0.29) is 34.6 Å². The molecule has 0 spiro atoms. The SMILES string of the molecule is CC=CCn1c(N2CCCC(N)C2)nc2c1c(=O)n(CC(=O)c1ccccc1NC(=O)C1CC1)c(=O)n2C. The van der Waals surface area contributed by atoms with Gasteiger partial charge in [-0.3, -0.25) is 23.5 Å². The van der Waals surface area contributed by atoms with E-state index < -0.39 is 23.6 Å². The highest BCUT2D eigenvalue weighted by Gasteiger charge is 2.31. The number of hydrogen-bond donors (Lipinski definition) is 2. The van der Waals surface area contributed by atoms with Crippen LogP contribution in [-0.4, -0.2) is 49.5 Å². The number of nitrogens with zero attached hydrogens (tertiary/aromatic N) is 5. The van der Waals surface area contributed by atoms with E-state index in [0.29, 0.717) is 24.7 Å². The van der Waals surface area contributed by atoms with Gasteiger partial charge in [0.2, 0.25) is 11.9 Å². The summed E-state index contributed by atoms with van der Waals surface area (Å²) in [6.07, 6.45) is 7.28.